The Morgan fingerprint density at radius 3 is 2.54 bits per heavy atom. The summed E-state index contributed by atoms with van der Waals surface area (Å²) < 4.78 is 15.0. The minimum Gasteiger partial charge on any atom is -0.352 e. The number of nitrogens with one attached hydrogen (secondary N) is 1. The number of benzene rings is 2. The van der Waals surface area contributed by atoms with Crippen molar-refractivity contribution in [2.45, 2.75) is 19.4 Å². The first-order valence-electron chi connectivity index (χ1n) is 7.74. The van der Waals surface area contributed by atoms with E-state index in [2.05, 4.69) is 5.32 Å². The van der Waals surface area contributed by atoms with Gasteiger partial charge in [0.25, 0.3) is 0 Å². The minimum absolute atomic E-state index is 0.0692. The molecular weight excluding hydrogens is 307 g/mol. The van der Waals surface area contributed by atoms with Crippen LogP contribution in [0.15, 0.2) is 60.8 Å². The van der Waals surface area contributed by atoms with Gasteiger partial charge in [0, 0.05) is 36.5 Å². The number of halogens is 1. The van der Waals surface area contributed by atoms with Crippen LogP contribution in [0.1, 0.15) is 23.2 Å². The highest BCUT2D eigenvalue weighted by atomic mass is 19.1. The maximum absolute atomic E-state index is 13.5. The van der Waals surface area contributed by atoms with E-state index in [1.54, 1.807) is 29.0 Å². The van der Waals surface area contributed by atoms with Gasteiger partial charge in [0.1, 0.15) is 5.82 Å². The Labute approximate surface area is 138 Å². The molecule has 0 fully saturated rings. The summed E-state index contributed by atoms with van der Waals surface area (Å²) in [6.45, 7) is 0.117. The van der Waals surface area contributed by atoms with Crippen LogP contribution in [0.25, 0.3) is 10.9 Å². The lowest BCUT2D eigenvalue weighted by atomic mass is 10.2. The third kappa shape index (κ3) is 3.51. The zero-order chi connectivity index (χ0) is 16.9. The predicted octanol–water partition coefficient (Wildman–Crippen LogP) is 3.52. The van der Waals surface area contributed by atoms with Gasteiger partial charge in [-0.2, -0.15) is 0 Å². The van der Waals surface area contributed by atoms with Gasteiger partial charge in [0.05, 0.1) is 5.52 Å². The van der Waals surface area contributed by atoms with Crippen molar-refractivity contribution in [2.24, 2.45) is 0 Å². The minimum atomic E-state index is -0.354. The van der Waals surface area contributed by atoms with Gasteiger partial charge in [0.2, 0.25) is 11.8 Å². The maximum atomic E-state index is 13.5. The number of aromatic nitrogens is 1. The highest BCUT2D eigenvalue weighted by Gasteiger charge is 2.11. The molecule has 0 saturated carbocycles. The maximum Gasteiger partial charge on any atom is 0.231 e. The molecule has 0 saturated heterocycles. The van der Waals surface area contributed by atoms with Gasteiger partial charge >= 0.3 is 0 Å². The standard InChI is InChI=1S/C19H17FN2O2/c20-16-7-3-1-6-15(16)13-21-18(23)9-10-19(24)22-12-11-14-5-2-4-8-17(14)22/h1-8,11-12H,9-10,13H2,(H,21,23). The monoisotopic (exact) mass is 324 g/mol. The van der Waals surface area contributed by atoms with Gasteiger partial charge in [-0.15, -0.1) is 0 Å². The van der Waals surface area contributed by atoms with Crippen LogP contribution in [-0.2, 0) is 11.3 Å². The van der Waals surface area contributed by atoms with E-state index >= 15 is 0 Å². The molecule has 122 valence electrons. The Kier molecular flexibility index (Phi) is 4.70. The molecule has 0 aliphatic heterocycles. The Hall–Kier alpha value is -2.95. The molecule has 1 amide bonds. The van der Waals surface area contributed by atoms with E-state index in [9.17, 15) is 14.0 Å². The van der Waals surface area contributed by atoms with Crippen LogP contribution in [0, 0.1) is 5.82 Å². The second-order valence-corrected chi connectivity index (χ2v) is 5.51. The number of hydrogen-bond acceptors (Lipinski definition) is 2. The Balaban J connectivity index is 1.54. The quantitative estimate of drug-likeness (QED) is 0.781. The Bertz CT molecular complexity index is 886. The largest absolute Gasteiger partial charge is 0.352 e. The molecule has 24 heavy (non-hydrogen) atoms. The van der Waals surface area contributed by atoms with Gasteiger partial charge in [0.15, 0.2) is 0 Å². The third-order valence-corrected chi connectivity index (χ3v) is 3.87. The lowest BCUT2D eigenvalue weighted by Gasteiger charge is -2.07. The van der Waals surface area contributed by atoms with Crippen molar-refractivity contribution in [1.29, 1.82) is 0 Å². The summed E-state index contributed by atoms with van der Waals surface area (Å²) in [4.78, 5) is 24.1. The SMILES string of the molecule is O=C(CCC(=O)n1ccc2ccccc21)NCc1ccccc1F. The van der Waals surface area contributed by atoms with Crippen LogP contribution < -0.4 is 5.32 Å². The van der Waals surface area contributed by atoms with Crippen molar-refractivity contribution in [3.05, 3.63) is 72.2 Å². The molecule has 0 atom stereocenters. The van der Waals surface area contributed by atoms with E-state index in [0.29, 0.717) is 5.56 Å². The molecule has 0 aliphatic carbocycles. The molecule has 2 aromatic carbocycles. The zero-order valence-corrected chi connectivity index (χ0v) is 13.0. The van der Waals surface area contributed by atoms with Crippen molar-refractivity contribution in [3.63, 3.8) is 0 Å². The van der Waals surface area contributed by atoms with Crippen LogP contribution >= 0.6 is 0 Å². The fourth-order valence-electron chi connectivity index (χ4n) is 2.57. The van der Waals surface area contributed by atoms with Crippen molar-refractivity contribution in [2.75, 3.05) is 0 Å². The van der Waals surface area contributed by atoms with Crippen LogP contribution in [-0.4, -0.2) is 16.4 Å². The van der Waals surface area contributed by atoms with E-state index in [0.717, 1.165) is 10.9 Å². The molecule has 4 nitrogen and oxygen atoms in total. The lowest BCUT2D eigenvalue weighted by molar-refractivity contribution is -0.121. The lowest BCUT2D eigenvalue weighted by Crippen LogP contribution is -2.24. The normalized spacial score (nSPS) is 10.7. The smallest absolute Gasteiger partial charge is 0.231 e. The molecule has 0 spiro atoms. The second-order valence-electron chi connectivity index (χ2n) is 5.51. The fraction of sp³-hybridized carbons (Fsp3) is 0.158. The number of fused-ring (bicyclic) bond motifs is 1. The number of hydrogen-bond donors (Lipinski definition) is 1. The molecule has 0 radical (unpaired) electrons. The molecule has 1 N–H and O–H groups in total. The molecule has 0 bridgehead atoms. The van der Waals surface area contributed by atoms with Crippen LogP contribution in [0.2, 0.25) is 0 Å². The van der Waals surface area contributed by atoms with E-state index in [4.69, 9.17) is 0 Å². The average Bonchev–Trinajstić information content (AvgIpc) is 3.03. The number of amides is 1. The van der Waals surface area contributed by atoms with Crippen LogP contribution in [0.3, 0.4) is 0 Å². The van der Waals surface area contributed by atoms with Crippen molar-refractivity contribution < 1.29 is 14.0 Å². The van der Waals surface area contributed by atoms with Crippen molar-refractivity contribution >= 4 is 22.7 Å². The van der Waals surface area contributed by atoms with Crippen molar-refractivity contribution in [1.82, 2.24) is 9.88 Å². The number of carbonyl (C=O) groups excluding carboxylic acids is 2. The molecule has 3 aromatic rings. The van der Waals surface area contributed by atoms with E-state index in [-0.39, 0.29) is 37.0 Å². The molecule has 3 rings (SSSR count). The summed E-state index contributed by atoms with van der Waals surface area (Å²) in [5.41, 5.74) is 1.25. The zero-order valence-electron chi connectivity index (χ0n) is 13.0. The van der Waals surface area contributed by atoms with Gasteiger partial charge in [-0.1, -0.05) is 36.4 Å². The number of nitrogens with zero attached hydrogens (tertiary/aromatic N) is 1. The topological polar surface area (TPSA) is 51.1 Å². The first-order valence-corrected chi connectivity index (χ1v) is 7.74. The molecular formula is C19H17FN2O2. The van der Waals surface area contributed by atoms with Gasteiger partial charge in [-0.05, 0) is 18.2 Å². The molecule has 0 unspecified atom stereocenters. The first kappa shape index (κ1) is 15.9. The average molecular weight is 324 g/mol. The first-order chi connectivity index (χ1) is 11.6. The number of rotatable bonds is 5. The molecule has 0 aliphatic rings. The second kappa shape index (κ2) is 7.08. The number of carbonyl (C=O) groups is 2. The van der Waals surface area contributed by atoms with Crippen LogP contribution in [0.5, 0.6) is 0 Å². The summed E-state index contributed by atoms with van der Waals surface area (Å²) >= 11 is 0. The molecule has 1 aromatic heterocycles. The summed E-state index contributed by atoms with van der Waals surface area (Å²) in [5.74, 6) is -0.770. The third-order valence-electron chi connectivity index (χ3n) is 3.87. The highest BCUT2D eigenvalue weighted by molar-refractivity contribution is 5.93. The predicted molar refractivity (Wildman–Crippen MR) is 90.0 cm³/mol. The molecule has 5 heteroatoms. The Morgan fingerprint density at radius 1 is 0.958 bits per heavy atom. The van der Waals surface area contributed by atoms with E-state index < -0.39 is 0 Å². The van der Waals surface area contributed by atoms with Gasteiger partial charge in [-0.3, -0.25) is 14.2 Å². The summed E-state index contributed by atoms with van der Waals surface area (Å²) in [7, 11) is 0. The van der Waals surface area contributed by atoms with E-state index in [1.165, 1.54) is 6.07 Å². The summed E-state index contributed by atoms with van der Waals surface area (Å²) in [6.07, 6.45) is 1.88. The van der Waals surface area contributed by atoms with E-state index in [1.807, 2.05) is 30.3 Å². The summed E-state index contributed by atoms with van der Waals surface area (Å²) in [6, 6.07) is 15.7. The molecule has 1 heterocycles. The Morgan fingerprint density at radius 2 is 1.71 bits per heavy atom. The fourth-order valence-corrected chi connectivity index (χ4v) is 2.57. The van der Waals surface area contributed by atoms with Crippen molar-refractivity contribution in [3.8, 4) is 0 Å². The number of para-hydroxylation sites is 1. The van der Waals surface area contributed by atoms with Crippen LogP contribution in [0.4, 0.5) is 4.39 Å². The summed E-state index contributed by atoms with van der Waals surface area (Å²) in [5, 5.41) is 3.62. The van der Waals surface area contributed by atoms with Gasteiger partial charge in [-0.25, -0.2) is 4.39 Å². The highest BCUT2D eigenvalue weighted by Crippen LogP contribution is 2.15. The van der Waals surface area contributed by atoms with Gasteiger partial charge < -0.3 is 5.32 Å².